The summed E-state index contributed by atoms with van der Waals surface area (Å²) in [5.41, 5.74) is 3.54. The molecule has 1 aliphatic rings. The van der Waals surface area contributed by atoms with Crippen molar-refractivity contribution in [3.05, 3.63) is 60.7 Å². The second-order valence-electron chi connectivity index (χ2n) is 7.07. The van der Waals surface area contributed by atoms with Gasteiger partial charge in [-0.25, -0.2) is 0 Å². The summed E-state index contributed by atoms with van der Waals surface area (Å²) in [6, 6.07) is 12.0. The fourth-order valence-electron chi connectivity index (χ4n) is 3.99. The van der Waals surface area contributed by atoms with Crippen molar-refractivity contribution >= 4 is 5.91 Å². The summed E-state index contributed by atoms with van der Waals surface area (Å²) in [5, 5.41) is 11.8. The Kier molecular flexibility index (Phi) is 5.05. The van der Waals surface area contributed by atoms with Crippen molar-refractivity contribution in [2.24, 2.45) is 0 Å². The van der Waals surface area contributed by atoms with Crippen LogP contribution in [0.25, 0.3) is 11.1 Å². The van der Waals surface area contributed by atoms with E-state index in [4.69, 9.17) is 0 Å². The molecule has 1 aromatic carbocycles. The first-order valence-corrected chi connectivity index (χ1v) is 9.64. The van der Waals surface area contributed by atoms with Gasteiger partial charge in [-0.2, -0.15) is 10.2 Å². The average molecular weight is 363 g/mol. The fourth-order valence-corrected chi connectivity index (χ4v) is 3.99. The van der Waals surface area contributed by atoms with E-state index in [0.717, 1.165) is 32.4 Å². The standard InChI is InChI=1S/C21H25N5O/c1-2-19(26-12-6-11-23-26)21(27)25-13-9-17(10-14-25)20-18(15-22-24-20)16-7-4-3-5-8-16/h3-8,11-12,15,17,19H,2,9-10,13-14H2,1H3,(H,22,24)/t19-/m0/s1. The molecule has 1 N–H and O–H groups in total. The Hall–Kier alpha value is -2.89. The Bertz CT molecular complexity index is 863. The van der Waals surface area contributed by atoms with Crippen LogP contribution in [0.2, 0.25) is 0 Å². The molecule has 3 aromatic rings. The molecule has 1 atom stereocenters. The van der Waals surface area contributed by atoms with Crippen LogP contribution in [0.4, 0.5) is 0 Å². The number of H-pyrrole nitrogens is 1. The molecule has 140 valence electrons. The highest BCUT2D eigenvalue weighted by Crippen LogP contribution is 2.34. The van der Waals surface area contributed by atoms with Crippen molar-refractivity contribution in [1.82, 2.24) is 24.9 Å². The van der Waals surface area contributed by atoms with Crippen LogP contribution in [0.5, 0.6) is 0 Å². The number of hydrogen-bond donors (Lipinski definition) is 1. The van der Waals surface area contributed by atoms with Gasteiger partial charge in [0.15, 0.2) is 0 Å². The third-order valence-corrected chi connectivity index (χ3v) is 5.48. The Morgan fingerprint density at radius 2 is 2.00 bits per heavy atom. The summed E-state index contributed by atoms with van der Waals surface area (Å²) in [4.78, 5) is 14.9. The molecule has 0 unspecified atom stereocenters. The van der Waals surface area contributed by atoms with Crippen molar-refractivity contribution in [1.29, 1.82) is 0 Å². The first-order chi connectivity index (χ1) is 13.3. The van der Waals surface area contributed by atoms with E-state index in [1.807, 2.05) is 48.5 Å². The average Bonchev–Trinajstić information content (AvgIpc) is 3.42. The minimum Gasteiger partial charge on any atom is -0.341 e. The zero-order chi connectivity index (χ0) is 18.6. The van der Waals surface area contributed by atoms with Gasteiger partial charge >= 0.3 is 0 Å². The van der Waals surface area contributed by atoms with E-state index in [9.17, 15) is 4.79 Å². The highest BCUT2D eigenvalue weighted by Gasteiger charge is 2.30. The maximum atomic E-state index is 13.0. The molecule has 4 rings (SSSR count). The molecule has 0 radical (unpaired) electrons. The van der Waals surface area contributed by atoms with Gasteiger partial charge in [0.25, 0.3) is 0 Å². The number of likely N-dealkylation sites (tertiary alicyclic amines) is 1. The number of carbonyl (C=O) groups is 1. The largest absolute Gasteiger partial charge is 0.341 e. The molecule has 0 spiro atoms. The maximum absolute atomic E-state index is 13.0. The van der Waals surface area contributed by atoms with Crippen LogP contribution in [-0.2, 0) is 4.79 Å². The number of aromatic amines is 1. The van der Waals surface area contributed by atoms with Gasteiger partial charge in [0, 0.05) is 42.7 Å². The molecule has 0 aliphatic carbocycles. The van der Waals surface area contributed by atoms with Crippen molar-refractivity contribution in [3.8, 4) is 11.1 Å². The van der Waals surface area contributed by atoms with Gasteiger partial charge < -0.3 is 4.90 Å². The first-order valence-electron chi connectivity index (χ1n) is 9.64. The topological polar surface area (TPSA) is 66.8 Å². The molecule has 3 heterocycles. The van der Waals surface area contributed by atoms with E-state index in [1.54, 1.807) is 10.9 Å². The Morgan fingerprint density at radius 1 is 1.22 bits per heavy atom. The van der Waals surface area contributed by atoms with Crippen molar-refractivity contribution < 1.29 is 4.79 Å². The lowest BCUT2D eigenvalue weighted by atomic mass is 9.89. The van der Waals surface area contributed by atoms with Crippen molar-refractivity contribution in [2.75, 3.05) is 13.1 Å². The number of nitrogens with one attached hydrogen (secondary N) is 1. The normalized spacial score (nSPS) is 16.4. The summed E-state index contributed by atoms with van der Waals surface area (Å²) >= 11 is 0. The first kappa shape index (κ1) is 17.5. The van der Waals surface area contributed by atoms with E-state index in [1.165, 1.54) is 16.8 Å². The van der Waals surface area contributed by atoms with Crippen LogP contribution in [-0.4, -0.2) is 43.9 Å². The number of amides is 1. The predicted molar refractivity (Wildman–Crippen MR) is 104 cm³/mol. The molecular weight excluding hydrogens is 338 g/mol. The Labute approximate surface area is 159 Å². The van der Waals surface area contributed by atoms with E-state index in [-0.39, 0.29) is 11.9 Å². The molecule has 0 bridgehead atoms. The smallest absolute Gasteiger partial charge is 0.247 e. The molecular formula is C21H25N5O. The van der Waals surface area contributed by atoms with Crippen LogP contribution in [0, 0.1) is 0 Å². The molecule has 2 aromatic heterocycles. The molecule has 6 heteroatoms. The number of benzene rings is 1. The molecule has 6 nitrogen and oxygen atoms in total. The number of piperidine rings is 1. The van der Waals surface area contributed by atoms with Crippen LogP contribution < -0.4 is 0 Å². The third-order valence-electron chi connectivity index (χ3n) is 5.48. The van der Waals surface area contributed by atoms with Gasteiger partial charge in [0.2, 0.25) is 5.91 Å². The number of rotatable bonds is 5. The lowest BCUT2D eigenvalue weighted by Crippen LogP contribution is -2.42. The van der Waals surface area contributed by atoms with Gasteiger partial charge in [-0.15, -0.1) is 0 Å². The highest BCUT2D eigenvalue weighted by atomic mass is 16.2. The Balaban J connectivity index is 1.44. The zero-order valence-electron chi connectivity index (χ0n) is 15.6. The van der Waals surface area contributed by atoms with Crippen LogP contribution in [0.1, 0.15) is 43.8 Å². The summed E-state index contributed by atoms with van der Waals surface area (Å²) in [7, 11) is 0. The van der Waals surface area contributed by atoms with Gasteiger partial charge in [-0.05, 0) is 30.9 Å². The van der Waals surface area contributed by atoms with E-state index < -0.39 is 0 Å². The van der Waals surface area contributed by atoms with E-state index in [2.05, 4.69) is 27.4 Å². The van der Waals surface area contributed by atoms with Gasteiger partial charge in [-0.3, -0.25) is 14.6 Å². The summed E-state index contributed by atoms with van der Waals surface area (Å²) < 4.78 is 1.77. The monoisotopic (exact) mass is 363 g/mol. The van der Waals surface area contributed by atoms with Gasteiger partial charge in [0.05, 0.1) is 6.20 Å². The van der Waals surface area contributed by atoms with Gasteiger partial charge in [-0.1, -0.05) is 37.3 Å². The van der Waals surface area contributed by atoms with E-state index >= 15 is 0 Å². The SMILES string of the molecule is CC[C@@H](C(=O)N1CCC(c2[nH]ncc2-c2ccccc2)CC1)n1cccn1. The van der Waals surface area contributed by atoms with Crippen LogP contribution >= 0.6 is 0 Å². The molecule has 1 aliphatic heterocycles. The zero-order valence-corrected chi connectivity index (χ0v) is 15.6. The minimum atomic E-state index is -0.205. The van der Waals surface area contributed by atoms with Crippen LogP contribution in [0.3, 0.4) is 0 Å². The fraction of sp³-hybridized carbons (Fsp3) is 0.381. The lowest BCUT2D eigenvalue weighted by molar-refractivity contribution is -0.136. The summed E-state index contributed by atoms with van der Waals surface area (Å²) in [6.07, 6.45) is 8.15. The number of nitrogens with zero attached hydrogens (tertiary/aromatic N) is 4. The van der Waals surface area contributed by atoms with Gasteiger partial charge in [0.1, 0.15) is 6.04 Å². The highest BCUT2D eigenvalue weighted by molar-refractivity contribution is 5.80. The molecule has 1 amide bonds. The van der Waals surface area contributed by atoms with Crippen molar-refractivity contribution in [3.63, 3.8) is 0 Å². The molecule has 1 fully saturated rings. The predicted octanol–water partition coefficient (Wildman–Crippen LogP) is 3.63. The maximum Gasteiger partial charge on any atom is 0.247 e. The Morgan fingerprint density at radius 3 is 2.67 bits per heavy atom. The summed E-state index contributed by atoms with van der Waals surface area (Å²) in [6.45, 7) is 3.58. The van der Waals surface area contributed by atoms with E-state index in [0.29, 0.717) is 5.92 Å². The second-order valence-corrected chi connectivity index (χ2v) is 7.07. The third kappa shape index (κ3) is 3.52. The molecule has 1 saturated heterocycles. The minimum absolute atomic E-state index is 0.174. The second kappa shape index (κ2) is 7.78. The van der Waals surface area contributed by atoms with Crippen molar-refractivity contribution in [2.45, 2.75) is 38.1 Å². The number of hydrogen-bond acceptors (Lipinski definition) is 3. The number of carbonyl (C=O) groups excluding carboxylic acids is 1. The molecule has 27 heavy (non-hydrogen) atoms. The molecule has 0 saturated carbocycles. The van der Waals surface area contributed by atoms with Crippen LogP contribution in [0.15, 0.2) is 55.0 Å². The quantitative estimate of drug-likeness (QED) is 0.753. The summed E-state index contributed by atoms with van der Waals surface area (Å²) in [5.74, 6) is 0.573. The number of aromatic nitrogens is 4. The lowest BCUT2D eigenvalue weighted by Gasteiger charge is -2.34.